The molecule has 0 radical (unpaired) electrons. The van der Waals surface area contributed by atoms with Crippen molar-refractivity contribution in [3.63, 3.8) is 0 Å². The molecule has 286 valence electrons. The number of aromatic nitrogens is 2. The largest absolute Gasteiger partial charge is 0.309 e. The Balaban J connectivity index is 1.17. The molecule has 2 nitrogen and oxygen atoms in total. The van der Waals surface area contributed by atoms with Gasteiger partial charge in [0.15, 0.2) is 0 Å². The van der Waals surface area contributed by atoms with Crippen LogP contribution in [0.2, 0.25) is 0 Å². The van der Waals surface area contributed by atoms with Crippen molar-refractivity contribution in [1.82, 2.24) is 9.13 Å². The number of hydrogen-bond donors (Lipinski definition) is 0. The number of rotatable bonds is 4. The molecule has 0 atom stereocenters. The molecular formula is C59H40N2. The van der Waals surface area contributed by atoms with Gasteiger partial charge in [-0.1, -0.05) is 166 Å². The SMILES string of the molecule is CC1(C)c2ccccc2-c2ccc(-c3c4ccc(-n5c6ccccc6c6ccccc65)cc4c(-c4ccccc4)c4cc(-n5c6ccccc6c6ccccc65)ccc34)cc21. The second-order valence-electron chi connectivity index (χ2n) is 17.2. The van der Waals surface area contributed by atoms with E-state index in [0.717, 1.165) is 11.4 Å². The van der Waals surface area contributed by atoms with Crippen LogP contribution in [0.25, 0.3) is 110 Å². The second-order valence-corrected chi connectivity index (χ2v) is 17.2. The summed E-state index contributed by atoms with van der Waals surface area (Å²) in [5.74, 6) is 0. The lowest BCUT2D eigenvalue weighted by atomic mass is 9.80. The van der Waals surface area contributed by atoms with Crippen molar-refractivity contribution in [2.24, 2.45) is 0 Å². The van der Waals surface area contributed by atoms with E-state index in [9.17, 15) is 0 Å². The smallest absolute Gasteiger partial charge is 0.0541 e. The molecule has 0 bridgehead atoms. The maximum atomic E-state index is 2.49. The van der Waals surface area contributed by atoms with Gasteiger partial charge in [-0.2, -0.15) is 0 Å². The molecule has 12 aromatic rings. The maximum Gasteiger partial charge on any atom is 0.0541 e. The van der Waals surface area contributed by atoms with Crippen LogP contribution in [0.1, 0.15) is 25.0 Å². The van der Waals surface area contributed by atoms with E-state index in [1.165, 1.54) is 110 Å². The first-order valence-electron chi connectivity index (χ1n) is 21.4. The quantitative estimate of drug-likeness (QED) is 0.158. The first kappa shape index (κ1) is 34.2. The number of nitrogens with zero attached hydrogens (tertiary/aromatic N) is 2. The highest BCUT2D eigenvalue weighted by molar-refractivity contribution is 6.23. The van der Waals surface area contributed by atoms with Gasteiger partial charge in [-0.15, -0.1) is 0 Å². The van der Waals surface area contributed by atoms with Crippen molar-refractivity contribution in [3.8, 4) is 44.8 Å². The maximum absolute atomic E-state index is 2.49. The van der Waals surface area contributed by atoms with Gasteiger partial charge in [0.1, 0.15) is 0 Å². The van der Waals surface area contributed by atoms with Gasteiger partial charge in [-0.3, -0.25) is 0 Å². The van der Waals surface area contributed by atoms with E-state index in [4.69, 9.17) is 0 Å². The number of hydrogen-bond acceptors (Lipinski definition) is 0. The highest BCUT2D eigenvalue weighted by Crippen LogP contribution is 2.52. The number of benzene rings is 10. The fourth-order valence-corrected chi connectivity index (χ4v) is 11.0. The van der Waals surface area contributed by atoms with E-state index in [0.29, 0.717) is 0 Å². The standard InChI is InChI=1S/C59H40N2/c1-59(2)51-23-11-6-18-41(51)42-31-28-38(34-52(42)59)58-47-32-29-39(60-53-24-12-7-19-43(53)44-20-8-13-25-54(44)60)35-49(47)57(37-16-4-3-5-17-37)50-36-40(30-33-48(50)58)61-55-26-14-9-21-45(55)46-22-10-15-27-56(46)61/h3-36H,1-2H3. The van der Waals surface area contributed by atoms with E-state index in [1.54, 1.807) is 0 Å². The zero-order valence-electron chi connectivity index (χ0n) is 34.0. The first-order valence-corrected chi connectivity index (χ1v) is 21.4. The Bertz CT molecular complexity index is 3500. The zero-order chi connectivity index (χ0) is 40.4. The third kappa shape index (κ3) is 4.79. The van der Waals surface area contributed by atoms with Crippen LogP contribution >= 0.6 is 0 Å². The molecule has 2 heterocycles. The Labute approximate surface area is 354 Å². The van der Waals surface area contributed by atoms with Gasteiger partial charge in [0.25, 0.3) is 0 Å². The van der Waals surface area contributed by atoms with Crippen molar-refractivity contribution in [3.05, 3.63) is 217 Å². The van der Waals surface area contributed by atoms with Crippen LogP contribution in [0.5, 0.6) is 0 Å². The molecule has 0 saturated heterocycles. The fourth-order valence-electron chi connectivity index (χ4n) is 11.0. The molecule has 61 heavy (non-hydrogen) atoms. The predicted octanol–water partition coefficient (Wildman–Crippen LogP) is 15.8. The molecule has 0 N–H and O–H groups in total. The summed E-state index contributed by atoms with van der Waals surface area (Å²) in [6, 6.07) is 76.8. The summed E-state index contributed by atoms with van der Waals surface area (Å²) < 4.78 is 4.90. The average molecular weight is 777 g/mol. The Morgan fingerprint density at radius 2 is 0.721 bits per heavy atom. The summed E-state index contributed by atoms with van der Waals surface area (Å²) in [6.07, 6.45) is 0. The van der Waals surface area contributed by atoms with Crippen molar-refractivity contribution in [2.45, 2.75) is 19.3 Å². The average Bonchev–Trinajstić information content (AvgIpc) is 3.91. The van der Waals surface area contributed by atoms with E-state index in [2.05, 4.69) is 229 Å². The topological polar surface area (TPSA) is 9.86 Å². The highest BCUT2D eigenvalue weighted by Gasteiger charge is 2.35. The summed E-state index contributed by atoms with van der Waals surface area (Å²) in [5.41, 5.74) is 17.4. The van der Waals surface area contributed by atoms with Crippen molar-refractivity contribution in [1.29, 1.82) is 0 Å². The lowest BCUT2D eigenvalue weighted by Gasteiger charge is -2.23. The normalized spacial score (nSPS) is 13.2. The molecule has 0 aliphatic heterocycles. The Morgan fingerprint density at radius 3 is 1.25 bits per heavy atom. The van der Waals surface area contributed by atoms with Crippen molar-refractivity contribution < 1.29 is 0 Å². The zero-order valence-corrected chi connectivity index (χ0v) is 34.0. The van der Waals surface area contributed by atoms with E-state index >= 15 is 0 Å². The van der Waals surface area contributed by atoms with Gasteiger partial charge in [0.2, 0.25) is 0 Å². The monoisotopic (exact) mass is 776 g/mol. The van der Waals surface area contributed by atoms with Gasteiger partial charge in [-0.05, 0) is 121 Å². The van der Waals surface area contributed by atoms with E-state index in [1.807, 2.05) is 0 Å². The molecule has 1 aliphatic rings. The van der Waals surface area contributed by atoms with Crippen LogP contribution in [0.3, 0.4) is 0 Å². The van der Waals surface area contributed by atoms with Crippen LogP contribution in [-0.2, 0) is 5.41 Å². The summed E-state index contributed by atoms with van der Waals surface area (Å²) in [5, 5.41) is 10.0. The first-order chi connectivity index (χ1) is 30.0. The molecular weight excluding hydrogens is 737 g/mol. The highest BCUT2D eigenvalue weighted by atomic mass is 15.0. The molecule has 0 fully saturated rings. The lowest BCUT2D eigenvalue weighted by Crippen LogP contribution is -2.14. The van der Waals surface area contributed by atoms with Crippen LogP contribution < -0.4 is 0 Å². The summed E-state index contributed by atoms with van der Waals surface area (Å²) in [4.78, 5) is 0. The molecule has 0 saturated carbocycles. The van der Waals surface area contributed by atoms with Gasteiger partial charge < -0.3 is 9.13 Å². The molecule has 10 aromatic carbocycles. The summed E-state index contributed by atoms with van der Waals surface area (Å²) in [7, 11) is 0. The second kappa shape index (κ2) is 12.7. The Morgan fingerprint density at radius 1 is 0.295 bits per heavy atom. The molecule has 1 aliphatic carbocycles. The Hall–Kier alpha value is -7.68. The molecule has 0 spiro atoms. The minimum absolute atomic E-state index is 0.120. The summed E-state index contributed by atoms with van der Waals surface area (Å²) >= 11 is 0. The minimum atomic E-state index is -0.120. The molecule has 2 aromatic heterocycles. The third-order valence-electron chi connectivity index (χ3n) is 13.7. The number of fused-ring (bicyclic) bond motifs is 11. The van der Waals surface area contributed by atoms with E-state index < -0.39 is 0 Å². The van der Waals surface area contributed by atoms with Gasteiger partial charge in [-0.25, -0.2) is 0 Å². The molecule has 2 heteroatoms. The Kier molecular flexibility index (Phi) is 7.10. The van der Waals surface area contributed by atoms with Crippen molar-refractivity contribution >= 4 is 65.2 Å². The van der Waals surface area contributed by atoms with E-state index in [-0.39, 0.29) is 5.41 Å². The third-order valence-corrected chi connectivity index (χ3v) is 13.7. The van der Waals surface area contributed by atoms with Gasteiger partial charge in [0.05, 0.1) is 22.1 Å². The van der Waals surface area contributed by atoms with Crippen LogP contribution in [0.15, 0.2) is 206 Å². The summed E-state index contributed by atoms with van der Waals surface area (Å²) in [6.45, 7) is 4.76. The molecule has 0 amide bonds. The van der Waals surface area contributed by atoms with Gasteiger partial charge >= 0.3 is 0 Å². The van der Waals surface area contributed by atoms with Crippen molar-refractivity contribution in [2.75, 3.05) is 0 Å². The van der Waals surface area contributed by atoms with Crippen LogP contribution in [-0.4, -0.2) is 9.13 Å². The number of para-hydroxylation sites is 4. The predicted molar refractivity (Wildman–Crippen MR) is 259 cm³/mol. The fraction of sp³-hybridized carbons (Fsp3) is 0.0508. The molecule has 0 unspecified atom stereocenters. The van der Waals surface area contributed by atoms with Crippen LogP contribution in [0.4, 0.5) is 0 Å². The minimum Gasteiger partial charge on any atom is -0.309 e. The lowest BCUT2D eigenvalue weighted by molar-refractivity contribution is 0.660. The van der Waals surface area contributed by atoms with Gasteiger partial charge in [0, 0.05) is 38.3 Å². The molecule has 13 rings (SSSR count). The van der Waals surface area contributed by atoms with Crippen LogP contribution in [0, 0.1) is 0 Å².